The van der Waals surface area contributed by atoms with Crippen molar-refractivity contribution >= 4 is 6.29 Å². The van der Waals surface area contributed by atoms with Crippen LogP contribution >= 0.6 is 0 Å². The first-order chi connectivity index (χ1) is 17.9. The number of aryl methyl sites for hydroxylation is 1. The summed E-state index contributed by atoms with van der Waals surface area (Å²) >= 11 is 0. The third-order valence-corrected chi connectivity index (χ3v) is 7.68. The molecule has 3 rings (SSSR count). The third-order valence-electron chi connectivity index (χ3n) is 7.68. The summed E-state index contributed by atoms with van der Waals surface area (Å²) in [6.45, 7) is 13.4. The van der Waals surface area contributed by atoms with Crippen molar-refractivity contribution in [2.24, 2.45) is 17.6 Å². The molecule has 2 atom stereocenters. The molecular formula is C30H49N5O2. The second-order valence-corrected chi connectivity index (χ2v) is 10.2. The molecule has 1 aliphatic rings. The zero-order chi connectivity index (χ0) is 27.2. The van der Waals surface area contributed by atoms with Crippen LogP contribution in [-0.2, 0) is 17.9 Å². The summed E-state index contributed by atoms with van der Waals surface area (Å²) in [5, 5.41) is 10.2. The van der Waals surface area contributed by atoms with Gasteiger partial charge in [0.25, 0.3) is 0 Å². The molecule has 0 aliphatic carbocycles. The average Bonchev–Trinajstić information content (AvgIpc) is 3.36. The van der Waals surface area contributed by atoms with Crippen LogP contribution in [-0.4, -0.2) is 52.6 Å². The Labute approximate surface area is 224 Å². The van der Waals surface area contributed by atoms with Crippen molar-refractivity contribution in [2.75, 3.05) is 26.7 Å². The minimum absolute atomic E-state index is 0.0626. The van der Waals surface area contributed by atoms with E-state index in [1.165, 1.54) is 36.0 Å². The molecule has 7 nitrogen and oxygen atoms in total. The number of nitrogens with one attached hydrogen (secondary N) is 1. The van der Waals surface area contributed by atoms with E-state index in [-0.39, 0.29) is 11.8 Å². The molecule has 0 amide bonds. The summed E-state index contributed by atoms with van der Waals surface area (Å²) in [5.74, 6) is 2.09. The van der Waals surface area contributed by atoms with Gasteiger partial charge in [-0.2, -0.15) is 0 Å². The van der Waals surface area contributed by atoms with Gasteiger partial charge in [-0.3, -0.25) is 4.90 Å². The van der Waals surface area contributed by atoms with Gasteiger partial charge in [0.2, 0.25) is 0 Å². The molecule has 1 aromatic carbocycles. The Morgan fingerprint density at radius 1 is 1.24 bits per heavy atom. The number of nitrogens with two attached hydrogens (primary N) is 1. The normalized spacial score (nSPS) is 16.5. The van der Waals surface area contributed by atoms with Gasteiger partial charge in [-0.05, 0) is 81.1 Å². The monoisotopic (exact) mass is 511 g/mol. The molecular weight excluding hydrogens is 462 g/mol. The van der Waals surface area contributed by atoms with E-state index in [2.05, 4.69) is 60.0 Å². The van der Waals surface area contributed by atoms with E-state index in [1.54, 1.807) is 0 Å². The smallest absolute Gasteiger partial charge is 0.123 e. The van der Waals surface area contributed by atoms with Gasteiger partial charge in [0.05, 0.1) is 6.54 Å². The number of aliphatic hydroxyl groups excluding tert-OH is 1. The lowest BCUT2D eigenvalue weighted by molar-refractivity contribution is -0.111. The number of likely N-dealkylation sites (tertiary alicyclic amines) is 1. The number of imidazole rings is 1. The molecule has 1 fully saturated rings. The van der Waals surface area contributed by atoms with Crippen molar-refractivity contribution in [1.82, 2.24) is 19.8 Å². The number of carbonyl (C=O) groups is 1. The minimum Gasteiger partial charge on any atom is -0.401 e. The highest BCUT2D eigenvalue weighted by Gasteiger charge is 2.21. The SMILES string of the molecule is CCN/C=C(\N)CCC(c1ccc(C)c(Cn2ccnc2CN2CCC(CC)CC2)c1)C(C)C=O.CO. The van der Waals surface area contributed by atoms with Gasteiger partial charge in [0, 0.05) is 50.4 Å². The summed E-state index contributed by atoms with van der Waals surface area (Å²) < 4.78 is 2.29. The van der Waals surface area contributed by atoms with Crippen LogP contribution in [0.3, 0.4) is 0 Å². The molecule has 2 unspecified atom stereocenters. The molecule has 1 aliphatic heterocycles. The van der Waals surface area contributed by atoms with Crippen LogP contribution in [0.5, 0.6) is 0 Å². The molecule has 7 heteroatoms. The van der Waals surface area contributed by atoms with Crippen LogP contribution in [0, 0.1) is 18.8 Å². The van der Waals surface area contributed by atoms with Gasteiger partial charge in [-0.15, -0.1) is 0 Å². The van der Waals surface area contributed by atoms with Gasteiger partial charge in [-0.1, -0.05) is 38.5 Å². The summed E-state index contributed by atoms with van der Waals surface area (Å²) in [7, 11) is 1.00. The van der Waals surface area contributed by atoms with E-state index in [1.807, 2.05) is 19.3 Å². The number of carbonyl (C=O) groups excluding carboxylic acids is 1. The fraction of sp³-hybridized carbons (Fsp3) is 0.600. The second-order valence-electron chi connectivity index (χ2n) is 10.2. The number of nitrogens with zero attached hydrogens (tertiary/aromatic N) is 3. The maximum atomic E-state index is 11.7. The number of rotatable bonds is 13. The Bertz CT molecular complexity index is 963. The van der Waals surface area contributed by atoms with E-state index in [4.69, 9.17) is 15.8 Å². The number of hydrogen-bond acceptors (Lipinski definition) is 6. The molecule has 0 bridgehead atoms. The molecule has 37 heavy (non-hydrogen) atoms. The van der Waals surface area contributed by atoms with Crippen LogP contribution in [0.15, 0.2) is 42.5 Å². The molecule has 206 valence electrons. The van der Waals surface area contributed by atoms with Crippen molar-refractivity contribution in [1.29, 1.82) is 0 Å². The van der Waals surface area contributed by atoms with E-state index in [9.17, 15) is 4.79 Å². The summed E-state index contributed by atoms with van der Waals surface area (Å²) in [6, 6.07) is 6.67. The first-order valence-electron chi connectivity index (χ1n) is 13.8. The van der Waals surface area contributed by atoms with Crippen LogP contribution in [0.25, 0.3) is 0 Å². The number of hydrogen-bond donors (Lipinski definition) is 3. The number of aliphatic hydroxyl groups is 1. The Morgan fingerprint density at radius 2 is 1.97 bits per heavy atom. The predicted molar refractivity (Wildman–Crippen MR) is 152 cm³/mol. The molecule has 1 saturated heterocycles. The zero-order valence-corrected chi connectivity index (χ0v) is 23.6. The van der Waals surface area contributed by atoms with Crippen molar-refractivity contribution < 1.29 is 9.90 Å². The molecule has 2 aromatic rings. The highest BCUT2D eigenvalue weighted by atomic mass is 16.2. The van der Waals surface area contributed by atoms with E-state index in [0.29, 0.717) is 0 Å². The Morgan fingerprint density at radius 3 is 2.62 bits per heavy atom. The fourth-order valence-corrected chi connectivity index (χ4v) is 5.12. The van der Waals surface area contributed by atoms with Gasteiger partial charge in [-0.25, -0.2) is 4.98 Å². The lowest BCUT2D eigenvalue weighted by atomic mass is 9.83. The maximum absolute atomic E-state index is 11.7. The van der Waals surface area contributed by atoms with E-state index >= 15 is 0 Å². The zero-order valence-electron chi connectivity index (χ0n) is 23.6. The third kappa shape index (κ3) is 9.31. The number of aromatic nitrogens is 2. The quantitative estimate of drug-likeness (QED) is 0.341. The van der Waals surface area contributed by atoms with Gasteiger partial charge >= 0.3 is 0 Å². The fourth-order valence-electron chi connectivity index (χ4n) is 5.12. The van der Waals surface area contributed by atoms with E-state index in [0.717, 1.165) is 76.4 Å². The van der Waals surface area contributed by atoms with Crippen molar-refractivity contribution in [3.8, 4) is 0 Å². The lowest BCUT2D eigenvalue weighted by Gasteiger charge is -2.31. The Hall–Kier alpha value is -2.64. The molecule has 4 N–H and O–H groups in total. The van der Waals surface area contributed by atoms with Crippen molar-refractivity contribution in [3.05, 3.63) is 65.0 Å². The Kier molecular flexibility index (Phi) is 13.4. The maximum Gasteiger partial charge on any atom is 0.123 e. The molecule has 0 radical (unpaired) electrons. The number of piperidine rings is 1. The molecule has 0 spiro atoms. The van der Waals surface area contributed by atoms with Crippen LogP contribution in [0.2, 0.25) is 0 Å². The number of allylic oxidation sites excluding steroid dienone is 1. The predicted octanol–water partition coefficient (Wildman–Crippen LogP) is 4.58. The summed E-state index contributed by atoms with van der Waals surface area (Å²) in [4.78, 5) is 19.0. The van der Waals surface area contributed by atoms with Crippen LogP contribution in [0.4, 0.5) is 0 Å². The highest BCUT2D eigenvalue weighted by Crippen LogP contribution is 2.31. The van der Waals surface area contributed by atoms with E-state index < -0.39 is 0 Å². The summed E-state index contributed by atoms with van der Waals surface area (Å²) in [5.41, 5.74) is 10.8. The summed E-state index contributed by atoms with van der Waals surface area (Å²) in [6.07, 6.45) is 12.5. The standard InChI is InChI=1S/C29H45N5O.CH4O/c1-5-24-11-14-33(15-12-24)20-29-32-13-16-34(29)19-26-17-25(8-7-22(26)3)28(23(4)21-35)10-9-27(30)18-31-6-2;1-2/h7-8,13,16-18,21,23-24,28,31H,5-6,9-12,14-15,19-20,30H2,1-4H3;2H,1H3/b27-18-;. The van der Waals surface area contributed by atoms with Crippen LogP contribution < -0.4 is 11.1 Å². The average molecular weight is 512 g/mol. The Balaban J connectivity index is 0.00000235. The van der Waals surface area contributed by atoms with Gasteiger partial charge in [0.15, 0.2) is 0 Å². The second kappa shape index (κ2) is 16.3. The molecule has 0 saturated carbocycles. The minimum atomic E-state index is -0.0626. The molecule has 1 aromatic heterocycles. The first kappa shape index (κ1) is 30.6. The topological polar surface area (TPSA) is 96.4 Å². The van der Waals surface area contributed by atoms with Crippen molar-refractivity contribution in [3.63, 3.8) is 0 Å². The van der Waals surface area contributed by atoms with Crippen molar-refractivity contribution in [2.45, 2.75) is 78.8 Å². The lowest BCUT2D eigenvalue weighted by Crippen LogP contribution is -2.34. The van der Waals surface area contributed by atoms with Crippen LogP contribution in [0.1, 0.15) is 81.3 Å². The first-order valence-corrected chi connectivity index (χ1v) is 13.8. The number of aldehydes is 1. The van der Waals surface area contributed by atoms with Gasteiger partial charge in [0.1, 0.15) is 12.1 Å². The molecule has 2 heterocycles. The van der Waals surface area contributed by atoms with Gasteiger partial charge < -0.3 is 25.5 Å². The number of benzene rings is 1. The largest absolute Gasteiger partial charge is 0.401 e. The highest BCUT2D eigenvalue weighted by molar-refractivity contribution is 5.55.